The Labute approximate surface area is 135 Å². The summed E-state index contributed by atoms with van der Waals surface area (Å²) in [4.78, 5) is 24.8. The molecule has 120 valence electrons. The molecule has 2 aromatic rings. The molecule has 3 rings (SSSR count). The van der Waals surface area contributed by atoms with Crippen LogP contribution in [0.2, 0.25) is 0 Å². The van der Waals surface area contributed by atoms with Gasteiger partial charge in [0.2, 0.25) is 0 Å². The lowest BCUT2D eigenvalue weighted by Gasteiger charge is -2.10. The molecule has 0 atom stereocenters. The number of anilines is 1. The van der Waals surface area contributed by atoms with Gasteiger partial charge in [-0.05, 0) is 49.4 Å². The van der Waals surface area contributed by atoms with Crippen molar-refractivity contribution in [3.63, 3.8) is 0 Å². The van der Waals surface area contributed by atoms with Crippen molar-refractivity contribution in [3.8, 4) is 0 Å². The second kappa shape index (κ2) is 6.32. The molecule has 0 radical (unpaired) electrons. The van der Waals surface area contributed by atoms with E-state index >= 15 is 0 Å². The van der Waals surface area contributed by atoms with Gasteiger partial charge in [0.1, 0.15) is 11.6 Å². The molecule has 0 unspecified atom stereocenters. The van der Waals surface area contributed by atoms with Crippen LogP contribution in [0.4, 0.5) is 10.6 Å². The highest BCUT2D eigenvalue weighted by Crippen LogP contribution is 2.45. The van der Waals surface area contributed by atoms with Gasteiger partial charge in [0.05, 0.1) is 0 Å². The first-order chi connectivity index (χ1) is 11.1. The number of hydrogen-bond donors (Lipinski definition) is 2. The Bertz CT molecular complexity index is 712. The summed E-state index contributed by atoms with van der Waals surface area (Å²) in [5.41, 5.74) is 2.41. The molecular formula is C17H21N5O. The van der Waals surface area contributed by atoms with Crippen molar-refractivity contribution in [3.05, 3.63) is 47.7 Å². The molecule has 0 aromatic carbocycles. The second-order valence-electron chi connectivity index (χ2n) is 6.26. The summed E-state index contributed by atoms with van der Waals surface area (Å²) in [6.45, 7) is 4.72. The molecule has 2 N–H and O–H groups in total. The van der Waals surface area contributed by atoms with E-state index < -0.39 is 0 Å². The third-order valence-electron chi connectivity index (χ3n) is 4.25. The van der Waals surface area contributed by atoms with E-state index in [-0.39, 0.29) is 11.4 Å². The lowest BCUT2D eigenvalue weighted by Crippen LogP contribution is -2.31. The second-order valence-corrected chi connectivity index (χ2v) is 6.26. The van der Waals surface area contributed by atoms with Crippen LogP contribution in [-0.2, 0) is 11.8 Å². The first-order valence-electron chi connectivity index (χ1n) is 7.85. The smallest absolute Gasteiger partial charge is 0.320 e. The van der Waals surface area contributed by atoms with E-state index in [2.05, 4.69) is 32.5 Å². The van der Waals surface area contributed by atoms with E-state index in [9.17, 15) is 4.79 Å². The van der Waals surface area contributed by atoms with Gasteiger partial charge in [-0.1, -0.05) is 6.92 Å². The monoisotopic (exact) mass is 311 g/mol. The third-order valence-corrected chi connectivity index (χ3v) is 4.25. The summed E-state index contributed by atoms with van der Waals surface area (Å²) in [6.07, 6.45) is 8.28. The standard InChI is InChI=1S/C17H21N5O/c1-12-11-18-8-3-13(12)4-9-20-16(23)22-14-5-10-19-15(21-14)17(2)6-7-17/h3,5,8,10-11H,4,6-7,9H2,1-2H3,(H2,19,20,21,22,23). The lowest BCUT2D eigenvalue weighted by molar-refractivity contribution is 0.252. The molecule has 6 heteroatoms. The summed E-state index contributed by atoms with van der Waals surface area (Å²) in [5.74, 6) is 1.35. The van der Waals surface area contributed by atoms with Gasteiger partial charge in [0.15, 0.2) is 0 Å². The Balaban J connectivity index is 1.51. The van der Waals surface area contributed by atoms with E-state index in [1.165, 1.54) is 5.56 Å². The number of nitrogens with one attached hydrogen (secondary N) is 2. The average Bonchev–Trinajstić information content (AvgIpc) is 3.29. The highest BCUT2D eigenvalue weighted by molar-refractivity contribution is 5.88. The van der Waals surface area contributed by atoms with Crippen LogP contribution in [0.15, 0.2) is 30.7 Å². The van der Waals surface area contributed by atoms with E-state index in [0.29, 0.717) is 12.4 Å². The van der Waals surface area contributed by atoms with Gasteiger partial charge in [-0.15, -0.1) is 0 Å². The van der Waals surface area contributed by atoms with E-state index in [1.807, 2.05) is 19.2 Å². The molecule has 0 spiro atoms. The highest BCUT2D eigenvalue weighted by atomic mass is 16.2. The van der Waals surface area contributed by atoms with Gasteiger partial charge in [-0.3, -0.25) is 10.3 Å². The van der Waals surface area contributed by atoms with Gasteiger partial charge in [-0.2, -0.15) is 0 Å². The molecular weight excluding hydrogens is 290 g/mol. The zero-order chi connectivity index (χ0) is 16.3. The number of rotatable bonds is 5. The van der Waals surface area contributed by atoms with Crippen LogP contribution in [0.1, 0.15) is 36.7 Å². The molecule has 1 saturated carbocycles. The van der Waals surface area contributed by atoms with Crippen LogP contribution in [-0.4, -0.2) is 27.5 Å². The molecule has 23 heavy (non-hydrogen) atoms. The number of hydrogen-bond acceptors (Lipinski definition) is 4. The molecule has 2 aromatic heterocycles. The summed E-state index contributed by atoms with van der Waals surface area (Å²) >= 11 is 0. The van der Waals surface area contributed by atoms with Crippen LogP contribution < -0.4 is 10.6 Å². The van der Waals surface area contributed by atoms with Gasteiger partial charge in [-0.25, -0.2) is 14.8 Å². The minimum Gasteiger partial charge on any atom is -0.337 e. The van der Waals surface area contributed by atoms with Crippen molar-refractivity contribution in [1.29, 1.82) is 0 Å². The molecule has 1 fully saturated rings. The number of carbonyl (C=O) groups excluding carboxylic acids is 1. The molecule has 0 bridgehead atoms. The van der Waals surface area contributed by atoms with Crippen LogP contribution in [0.25, 0.3) is 0 Å². The quantitative estimate of drug-likeness (QED) is 0.889. The zero-order valence-corrected chi connectivity index (χ0v) is 13.5. The van der Waals surface area contributed by atoms with Crippen molar-refractivity contribution in [2.24, 2.45) is 0 Å². The number of amides is 2. The van der Waals surface area contributed by atoms with Gasteiger partial charge in [0.25, 0.3) is 0 Å². The van der Waals surface area contributed by atoms with Crippen LogP contribution >= 0.6 is 0 Å². The number of aryl methyl sites for hydroxylation is 1. The van der Waals surface area contributed by atoms with E-state index in [0.717, 1.165) is 30.7 Å². The summed E-state index contributed by atoms with van der Waals surface area (Å²) in [6, 6.07) is 3.44. The van der Waals surface area contributed by atoms with E-state index in [4.69, 9.17) is 0 Å². The minimum atomic E-state index is -0.248. The summed E-state index contributed by atoms with van der Waals surface area (Å²) < 4.78 is 0. The highest BCUT2D eigenvalue weighted by Gasteiger charge is 2.42. The van der Waals surface area contributed by atoms with Crippen LogP contribution in [0.3, 0.4) is 0 Å². The number of aromatic nitrogens is 3. The Morgan fingerprint density at radius 2 is 2.13 bits per heavy atom. The van der Waals surface area contributed by atoms with Gasteiger partial charge < -0.3 is 5.32 Å². The zero-order valence-electron chi connectivity index (χ0n) is 13.5. The van der Waals surface area contributed by atoms with Crippen molar-refractivity contribution in [2.75, 3.05) is 11.9 Å². The van der Waals surface area contributed by atoms with Gasteiger partial charge >= 0.3 is 6.03 Å². The minimum absolute atomic E-state index is 0.0903. The Morgan fingerprint density at radius 3 is 2.87 bits per heavy atom. The molecule has 6 nitrogen and oxygen atoms in total. The molecule has 0 aliphatic heterocycles. The van der Waals surface area contributed by atoms with Crippen molar-refractivity contribution in [1.82, 2.24) is 20.3 Å². The molecule has 2 amide bonds. The number of carbonyl (C=O) groups is 1. The fraction of sp³-hybridized carbons (Fsp3) is 0.412. The molecule has 1 aliphatic rings. The molecule has 0 saturated heterocycles. The fourth-order valence-corrected chi connectivity index (χ4v) is 2.38. The number of nitrogens with zero attached hydrogens (tertiary/aromatic N) is 3. The van der Waals surface area contributed by atoms with Crippen molar-refractivity contribution < 1.29 is 4.79 Å². The van der Waals surface area contributed by atoms with Gasteiger partial charge in [0, 0.05) is 30.6 Å². The Morgan fingerprint density at radius 1 is 1.30 bits per heavy atom. The summed E-state index contributed by atoms with van der Waals surface area (Å²) in [7, 11) is 0. The third kappa shape index (κ3) is 3.83. The van der Waals surface area contributed by atoms with Crippen LogP contribution in [0, 0.1) is 6.92 Å². The maximum absolute atomic E-state index is 12.0. The first kappa shape index (κ1) is 15.4. The predicted octanol–water partition coefficient (Wildman–Crippen LogP) is 2.60. The van der Waals surface area contributed by atoms with E-state index in [1.54, 1.807) is 18.5 Å². The normalized spacial score (nSPS) is 15.0. The molecule has 1 aliphatic carbocycles. The average molecular weight is 311 g/mol. The fourth-order valence-electron chi connectivity index (χ4n) is 2.38. The van der Waals surface area contributed by atoms with Crippen molar-refractivity contribution in [2.45, 2.75) is 38.5 Å². The SMILES string of the molecule is Cc1cnccc1CCNC(=O)Nc1ccnc(C2(C)CC2)n1. The Kier molecular flexibility index (Phi) is 4.23. The van der Waals surface area contributed by atoms with Crippen LogP contribution in [0.5, 0.6) is 0 Å². The maximum atomic E-state index is 12.0. The topological polar surface area (TPSA) is 79.8 Å². The number of urea groups is 1. The lowest BCUT2D eigenvalue weighted by atomic mass is 10.1. The maximum Gasteiger partial charge on any atom is 0.320 e. The first-order valence-corrected chi connectivity index (χ1v) is 7.85. The van der Waals surface area contributed by atoms with Crippen molar-refractivity contribution >= 4 is 11.8 Å². The predicted molar refractivity (Wildman–Crippen MR) is 88.3 cm³/mol. The largest absolute Gasteiger partial charge is 0.337 e. The Hall–Kier alpha value is -2.50. The number of pyridine rings is 1. The molecule has 2 heterocycles. The summed E-state index contributed by atoms with van der Waals surface area (Å²) in [5, 5.41) is 5.62.